The number of anilines is 1. The predicted molar refractivity (Wildman–Crippen MR) is 159 cm³/mol. The van der Waals surface area contributed by atoms with E-state index in [1.807, 2.05) is 25.1 Å². The van der Waals surface area contributed by atoms with Gasteiger partial charge in [-0.3, -0.25) is 19.3 Å². The van der Waals surface area contributed by atoms with Crippen molar-refractivity contribution in [3.8, 4) is 11.5 Å². The zero-order valence-electron chi connectivity index (χ0n) is 20.2. The van der Waals surface area contributed by atoms with E-state index in [1.54, 1.807) is 42.5 Å². The van der Waals surface area contributed by atoms with Crippen molar-refractivity contribution in [2.45, 2.75) is 13.5 Å². The molecule has 0 atom stereocenters. The Balaban J connectivity index is 1.48. The van der Waals surface area contributed by atoms with Gasteiger partial charge in [0.1, 0.15) is 0 Å². The molecule has 0 aliphatic carbocycles. The first-order chi connectivity index (χ1) is 18.2. The Morgan fingerprint density at radius 3 is 2.50 bits per heavy atom. The van der Waals surface area contributed by atoms with Gasteiger partial charge in [-0.2, -0.15) is 0 Å². The molecule has 3 aromatic rings. The minimum Gasteiger partial charge on any atom is -0.493 e. The predicted octanol–water partition coefficient (Wildman–Crippen LogP) is 7.17. The zero-order chi connectivity index (χ0) is 27.4. The average Bonchev–Trinajstić information content (AvgIpc) is 3.12. The second kappa shape index (κ2) is 12.4. The lowest BCUT2D eigenvalue weighted by molar-refractivity contribution is -0.123. The summed E-state index contributed by atoms with van der Waals surface area (Å²) < 4.78 is 11.9. The first kappa shape index (κ1) is 28.3. The van der Waals surface area contributed by atoms with Gasteiger partial charge in [-0.1, -0.05) is 41.4 Å². The van der Waals surface area contributed by atoms with E-state index in [0.29, 0.717) is 41.9 Å². The van der Waals surface area contributed by atoms with E-state index >= 15 is 0 Å². The smallest absolute Gasteiger partial charge is 0.293 e. The summed E-state index contributed by atoms with van der Waals surface area (Å²) in [5, 5.41) is 3.13. The highest BCUT2D eigenvalue weighted by Crippen LogP contribution is 2.38. The Kier molecular flexibility index (Phi) is 9.24. The number of rotatable bonds is 8. The van der Waals surface area contributed by atoms with Crippen LogP contribution in [-0.4, -0.2) is 35.7 Å². The van der Waals surface area contributed by atoms with Crippen molar-refractivity contribution >= 4 is 86.4 Å². The van der Waals surface area contributed by atoms with Crippen LogP contribution in [0.3, 0.4) is 0 Å². The molecule has 1 fully saturated rings. The van der Waals surface area contributed by atoms with Crippen molar-refractivity contribution in [3.63, 3.8) is 0 Å². The lowest BCUT2D eigenvalue weighted by atomic mass is 10.1. The Morgan fingerprint density at radius 2 is 1.82 bits per heavy atom. The highest BCUT2D eigenvalue weighted by molar-refractivity contribution is 14.1. The number of carbonyl (C=O) groups is 3. The van der Waals surface area contributed by atoms with Crippen molar-refractivity contribution in [3.05, 3.63) is 89.8 Å². The lowest BCUT2D eigenvalue weighted by Gasteiger charge is -2.15. The fourth-order valence-corrected chi connectivity index (χ4v) is 5.79. The van der Waals surface area contributed by atoms with Crippen LogP contribution in [-0.2, 0) is 16.1 Å². The topological polar surface area (TPSA) is 84.9 Å². The van der Waals surface area contributed by atoms with Crippen molar-refractivity contribution in [1.29, 1.82) is 0 Å². The summed E-state index contributed by atoms with van der Waals surface area (Å²) in [4.78, 5) is 39.4. The van der Waals surface area contributed by atoms with Gasteiger partial charge in [0.05, 0.1) is 22.1 Å². The molecule has 11 heteroatoms. The molecule has 3 amide bonds. The SMILES string of the molecule is COc1cc(/C=C2\SC(=O)N(Cc3c(Cl)cccc3Cl)C2=O)cc(I)c1OCC(=O)Nc1cccc(C)c1. The van der Waals surface area contributed by atoms with Crippen molar-refractivity contribution in [2.24, 2.45) is 0 Å². The van der Waals surface area contributed by atoms with E-state index < -0.39 is 11.1 Å². The molecule has 0 bridgehead atoms. The number of carbonyl (C=O) groups excluding carboxylic acids is 3. The molecule has 38 heavy (non-hydrogen) atoms. The molecule has 0 aromatic heterocycles. The maximum Gasteiger partial charge on any atom is 0.293 e. The third kappa shape index (κ3) is 6.63. The van der Waals surface area contributed by atoms with Gasteiger partial charge >= 0.3 is 0 Å². The molecule has 3 aromatic carbocycles. The number of methoxy groups -OCH3 is 1. The second-order valence-corrected chi connectivity index (χ2v) is 11.2. The van der Waals surface area contributed by atoms with Gasteiger partial charge in [-0.25, -0.2) is 0 Å². The van der Waals surface area contributed by atoms with Crippen molar-refractivity contribution in [2.75, 3.05) is 19.0 Å². The summed E-state index contributed by atoms with van der Waals surface area (Å²) in [5.41, 5.74) is 2.84. The minimum absolute atomic E-state index is 0.0290. The number of hydrogen-bond acceptors (Lipinski definition) is 6. The second-order valence-electron chi connectivity index (χ2n) is 8.21. The number of nitrogens with one attached hydrogen (secondary N) is 1. The molecule has 0 saturated carbocycles. The van der Waals surface area contributed by atoms with Gasteiger partial charge in [0.15, 0.2) is 18.1 Å². The van der Waals surface area contributed by atoms with Crippen LogP contribution in [0.15, 0.2) is 59.5 Å². The Labute approximate surface area is 247 Å². The highest BCUT2D eigenvalue weighted by Gasteiger charge is 2.35. The summed E-state index contributed by atoms with van der Waals surface area (Å²) >= 11 is 15.3. The number of imide groups is 1. The lowest BCUT2D eigenvalue weighted by Crippen LogP contribution is -2.27. The number of ether oxygens (including phenoxy) is 2. The number of halogens is 3. The standard InChI is InChI=1S/C27H21Cl2IN2O5S/c1-15-5-3-6-17(9-15)31-24(33)14-37-25-21(30)10-16(11-22(25)36-2)12-23-26(34)32(27(35)38-23)13-18-19(28)7-4-8-20(18)29/h3-12H,13-14H2,1-2H3,(H,31,33)/b23-12-. The van der Waals surface area contributed by atoms with Gasteiger partial charge in [0, 0.05) is 21.3 Å². The number of amides is 3. The average molecular weight is 683 g/mol. The van der Waals surface area contributed by atoms with Gasteiger partial charge in [-0.05, 0) is 94.9 Å². The maximum atomic E-state index is 13.0. The molecule has 1 aliphatic heterocycles. The Hall–Kier alpha value is -2.73. The van der Waals surface area contributed by atoms with Gasteiger partial charge < -0.3 is 14.8 Å². The van der Waals surface area contributed by atoms with Crippen molar-refractivity contribution in [1.82, 2.24) is 4.90 Å². The van der Waals surface area contributed by atoms with Crippen LogP contribution in [0.25, 0.3) is 6.08 Å². The van der Waals surface area contributed by atoms with E-state index in [0.717, 1.165) is 22.2 Å². The van der Waals surface area contributed by atoms with Crippen molar-refractivity contribution < 1.29 is 23.9 Å². The zero-order valence-corrected chi connectivity index (χ0v) is 24.7. The summed E-state index contributed by atoms with van der Waals surface area (Å²) in [6, 6.07) is 15.9. The van der Waals surface area contributed by atoms with E-state index in [2.05, 4.69) is 27.9 Å². The number of hydrogen-bond donors (Lipinski definition) is 1. The number of thioether (sulfide) groups is 1. The Morgan fingerprint density at radius 1 is 1.11 bits per heavy atom. The quantitative estimate of drug-likeness (QED) is 0.200. The maximum absolute atomic E-state index is 13.0. The molecule has 1 heterocycles. The first-order valence-corrected chi connectivity index (χ1v) is 13.9. The summed E-state index contributed by atoms with van der Waals surface area (Å²) in [6.45, 7) is 1.69. The van der Waals surface area contributed by atoms with Crippen LogP contribution in [0.4, 0.5) is 10.5 Å². The van der Waals surface area contributed by atoms with Crippen LogP contribution < -0.4 is 14.8 Å². The molecule has 0 radical (unpaired) electrons. The third-order valence-corrected chi connectivity index (χ3v) is 7.87. The molecule has 4 rings (SSSR count). The number of aryl methyl sites for hydroxylation is 1. The third-order valence-electron chi connectivity index (χ3n) is 5.45. The highest BCUT2D eigenvalue weighted by atomic mass is 127. The molecular formula is C27H21Cl2IN2O5S. The molecule has 0 spiro atoms. The molecule has 196 valence electrons. The Bertz CT molecular complexity index is 1440. The minimum atomic E-state index is -0.446. The molecule has 1 saturated heterocycles. The van der Waals surface area contributed by atoms with E-state index in [-0.39, 0.29) is 24.0 Å². The fraction of sp³-hybridized carbons (Fsp3) is 0.148. The summed E-state index contributed by atoms with van der Waals surface area (Å²) in [6.07, 6.45) is 1.61. The summed E-state index contributed by atoms with van der Waals surface area (Å²) in [5.74, 6) is 0.0163. The van der Waals surface area contributed by atoms with Gasteiger partial charge in [0.25, 0.3) is 17.1 Å². The molecule has 7 nitrogen and oxygen atoms in total. The first-order valence-electron chi connectivity index (χ1n) is 11.2. The van der Waals surface area contributed by atoms with Crippen LogP contribution in [0.1, 0.15) is 16.7 Å². The van der Waals surface area contributed by atoms with E-state index in [4.69, 9.17) is 32.7 Å². The van der Waals surface area contributed by atoms with Crippen LogP contribution in [0.5, 0.6) is 11.5 Å². The molecular weight excluding hydrogens is 662 g/mol. The number of benzene rings is 3. The molecule has 1 aliphatic rings. The van der Waals surface area contributed by atoms with Gasteiger partial charge in [-0.15, -0.1) is 0 Å². The fourth-order valence-electron chi connectivity index (χ4n) is 3.65. The molecule has 1 N–H and O–H groups in total. The normalized spacial score (nSPS) is 14.2. The van der Waals surface area contributed by atoms with Crippen LogP contribution >= 0.6 is 57.6 Å². The number of nitrogens with zero attached hydrogens (tertiary/aromatic N) is 1. The largest absolute Gasteiger partial charge is 0.493 e. The van der Waals surface area contributed by atoms with Crippen LogP contribution in [0.2, 0.25) is 10.0 Å². The van der Waals surface area contributed by atoms with Gasteiger partial charge in [0.2, 0.25) is 0 Å². The van der Waals surface area contributed by atoms with E-state index in [9.17, 15) is 14.4 Å². The van der Waals surface area contributed by atoms with Crippen LogP contribution in [0, 0.1) is 10.5 Å². The summed E-state index contributed by atoms with van der Waals surface area (Å²) in [7, 11) is 1.48. The molecule has 0 unspecified atom stereocenters. The van der Waals surface area contributed by atoms with E-state index in [1.165, 1.54) is 7.11 Å². The monoisotopic (exact) mass is 682 g/mol.